The van der Waals surface area contributed by atoms with Gasteiger partial charge in [-0.2, -0.15) is 5.10 Å². The summed E-state index contributed by atoms with van der Waals surface area (Å²) in [5.74, 6) is -1.15. The first-order chi connectivity index (χ1) is 20.9. The second-order valence-corrected chi connectivity index (χ2v) is 11.0. The second kappa shape index (κ2) is 16.0. The molecule has 1 fully saturated rings. The largest absolute Gasteiger partial charge is 0.372 e. The van der Waals surface area contributed by atoms with Gasteiger partial charge in [0.05, 0.1) is 17.5 Å². The maximum absolute atomic E-state index is 13.5. The van der Waals surface area contributed by atoms with E-state index in [1.807, 2.05) is 24.3 Å². The van der Waals surface area contributed by atoms with Crippen molar-refractivity contribution in [2.45, 2.75) is 39.7 Å². The van der Waals surface area contributed by atoms with Crippen LogP contribution >= 0.6 is 0 Å². The van der Waals surface area contributed by atoms with E-state index in [1.165, 1.54) is 24.8 Å². The van der Waals surface area contributed by atoms with E-state index in [4.69, 9.17) is 0 Å². The molecular formula is C34H43FN6O2. The fraction of sp³-hybridized carbons (Fsp3) is 0.382. The summed E-state index contributed by atoms with van der Waals surface area (Å²) in [4.78, 5) is 33.6. The van der Waals surface area contributed by atoms with Gasteiger partial charge in [0, 0.05) is 44.0 Å². The second-order valence-electron chi connectivity index (χ2n) is 11.0. The Bertz CT molecular complexity index is 1400. The van der Waals surface area contributed by atoms with E-state index in [2.05, 4.69) is 51.4 Å². The average molecular weight is 587 g/mol. The van der Waals surface area contributed by atoms with Gasteiger partial charge in [-0.3, -0.25) is 9.59 Å². The maximum atomic E-state index is 13.5. The molecule has 228 valence electrons. The van der Waals surface area contributed by atoms with Crippen LogP contribution in [0.15, 0.2) is 71.8 Å². The zero-order chi connectivity index (χ0) is 30.6. The number of carbonyl (C=O) groups is 2. The number of likely N-dealkylation sites (N-methyl/N-ethyl adjacent to an activating group) is 2. The van der Waals surface area contributed by atoms with Crippen molar-refractivity contribution in [3.05, 3.63) is 94.8 Å². The maximum Gasteiger partial charge on any atom is 0.273 e. The zero-order valence-electron chi connectivity index (χ0n) is 25.5. The van der Waals surface area contributed by atoms with Gasteiger partial charge >= 0.3 is 0 Å². The van der Waals surface area contributed by atoms with Crippen LogP contribution in [-0.4, -0.2) is 74.1 Å². The monoisotopic (exact) mass is 586 g/mol. The Morgan fingerprint density at radius 2 is 1.70 bits per heavy atom. The normalized spacial score (nSPS) is 13.6. The Kier molecular flexibility index (Phi) is 11.8. The highest BCUT2D eigenvalue weighted by atomic mass is 19.1. The van der Waals surface area contributed by atoms with Crippen LogP contribution in [0.3, 0.4) is 0 Å². The predicted molar refractivity (Wildman–Crippen MR) is 172 cm³/mol. The van der Waals surface area contributed by atoms with Gasteiger partial charge in [-0.15, -0.1) is 0 Å². The van der Waals surface area contributed by atoms with Crippen molar-refractivity contribution in [1.29, 1.82) is 0 Å². The molecule has 0 bridgehead atoms. The molecule has 2 N–H and O–H groups in total. The van der Waals surface area contributed by atoms with Crippen LogP contribution in [0.2, 0.25) is 0 Å². The number of amides is 2. The topological polar surface area (TPSA) is 80.3 Å². The van der Waals surface area contributed by atoms with Crippen LogP contribution in [0.4, 0.5) is 15.8 Å². The SMILES string of the molecule is CCN(CC)CCN(C)Cc1cccc(C(=O)Nc2ccc(N3CCCCC3)cc2C(=O)N/N=C/c2cccc(F)c2)c1. The summed E-state index contributed by atoms with van der Waals surface area (Å²) in [6.45, 7) is 10.9. The molecule has 43 heavy (non-hydrogen) atoms. The molecule has 0 spiro atoms. The van der Waals surface area contributed by atoms with Crippen molar-refractivity contribution in [1.82, 2.24) is 15.2 Å². The van der Waals surface area contributed by atoms with Crippen molar-refractivity contribution in [2.75, 3.05) is 56.5 Å². The molecular weight excluding hydrogens is 543 g/mol. The van der Waals surface area contributed by atoms with Crippen LogP contribution in [0.25, 0.3) is 0 Å². The molecule has 0 saturated carbocycles. The van der Waals surface area contributed by atoms with E-state index < -0.39 is 5.91 Å². The van der Waals surface area contributed by atoms with Crippen LogP contribution in [0, 0.1) is 5.82 Å². The van der Waals surface area contributed by atoms with E-state index in [9.17, 15) is 14.0 Å². The Hall–Kier alpha value is -4.08. The third-order valence-electron chi connectivity index (χ3n) is 7.78. The van der Waals surface area contributed by atoms with Crippen molar-refractivity contribution >= 4 is 29.4 Å². The van der Waals surface area contributed by atoms with Crippen molar-refractivity contribution in [2.24, 2.45) is 5.10 Å². The number of halogens is 1. The van der Waals surface area contributed by atoms with Crippen molar-refractivity contribution in [3.63, 3.8) is 0 Å². The summed E-state index contributed by atoms with van der Waals surface area (Å²) in [6, 6.07) is 19.0. The first kappa shape index (κ1) is 31.8. The average Bonchev–Trinajstić information content (AvgIpc) is 3.02. The van der Waals surface area contributed by atoms with Gasteiger partial charge in [-0.25, -0.2) is 9.82 Å². The first-order valence-electron chi connectivity index (χ1n) is 15.2. The lowest BCUT2D eigenvalue weighted by molar-refractivity contribution is 0.0956. The van der Waals surface area contributed by atoms with Crippen LogP contribution in [-0.2, 0) is 6.54 Å². The summed E-state index contributed by atoms with van der Waals surface area (Å²) in [5.41, 5.74) is 6.24. The number of nitrogens with one attached hydrogen (secondary N) is 2. The summed E-state index contributed by atoms with van der Waals surface area (Å²) < 4.78 is 13.5. The minimum atomic E-state index is -0.467. The predicted octanol–water partition coefficient (Wildman–Crippen LogP) is 5.61. The molecule has 0 atom stereocenters. The molecule has 9 heteroatoms. The standard InChI is InChI=1S/C34H43FN6O2/c1-4-40(5-2)20-19-39(3)25-27-12-9-13-28(21-27)33(42)37-32-16-15-30(41-17-7-6-8-18-41)23-31(32)34(43)38-36-24-26-11-10-14-29(35)22-26/h9-16,21-24H,4-8,17-20,25H2,1-3H3,(H,37,42)(H,38,43)/b36-24+. The summed E-state index contributed by atoms with van der Waals surface area (Å²) in [7, 11) is 2.09. The molecule has 8 nitrogen and oxygen atoms in total. The minimum Gasteiger partial charge on any atom is -0.372 e. The minimum absolute atomic E-state index is 0.296. The number of hydrogen-bond acceptors (Lipinski definition) is 6. The highest BCUT2D eigenvalue weighted by molar-refractivity contribution is 6.09. The van der Waals surface area contributed by atoms with Gasteiger partial charge in [-0.1, -0.05) is 38.1 Å². The smallest absolute Gasteiger partial charge is 0.273 e. The van der Waals surface area contributed by atoms with E-state index >= 15 is 0 Å². The number of rotatable bonds is 13. The number of benzene rings is 3. The van der Waals surface area contributed by atoms with Crippen LogP contribution in [0.1, 0.15) is 65.0 Å². The Morgan fingerprint density at radius 1 is 0.930 bits per heavy atom. The lowest BCUT2D eigenvalue weighted by atomic mass is 10.1. The lowest BCUT2D eigenvalue weighted by Gasteiger charge is -2.29. The molecule has 0 aliphatic carbocycles. The molecule has 0 radical (unpaired) electrons. The van der Waals surface area contributed by atoms with Gasteiger partial charge in [0.2, 0.25) is 0 Å². The molecule has 1 aliphatic heterocycles. The number of carbonyl (C=O) groups excluding carboxylic acids is 2. The summed E-state index contributed by atoms with van der Waals surface area (Å²) in [6.07, 6.45) is 4.77. The van der Waals surface area contributed by atoms with Gasteiger partial charge in [0.15, 0.2) is 0 Å². The fourth-order valence-corrected chi connectivity index (χ4v) is 5.24. The molecule has 1 heterocycles. The highest BCUT2D eigenvalue weighted by Crippen LogP contribution is 2.26. The van der Waals surface area contributed by atoms with E-state index in [1.54, 1.807) is 30.3 Å². The number of piperidine rings is 1. The molecule has 1 aliphatic rings. The molecule has 0 unspecified atom stereocenters. The Balaban J connectivity index is 1.49. The molecule has 0 aromatic heterocycles. The number of anilines is 2. The van der Waals surface area contributed by atoms with Crippen molar-refractivity contribution < 1.29 is 14.0 Å². The molecule has 3 aromatic rings. The number of nitrogens with zero attached hydrogens (tertiary/aromatic N) is 4. The zero-order valence-corrected chi connectivity index (χ0v) is 25.5. The molecule has 2 amide bonds. The lowest BCUT2D eigenvalue weighted by Crippen LogP contribution is -2.32. The first-order valence-corrected chi connectivity index (χ1v) is 15.2. The third kappa shape index (κ3) is 9.46. The van der Waals surface area contributed by atoms with Gasteiger partial charge in [-0.05, 0) is 93.0 Å². The van der Waals surface area contributed by atoms with Crippen molar-refractivity contribution in [3.8, 4) is 0 Å². The van der Waals surface area contributed by atoms with E-state index in [0.717, 1.165) is 69.9 Å². The van der Waals surface area contributed by atoms with Gasteiger partial charge in [0.25, 0.3) is 11.8 Å². The van der Waals surface area contributed by atoms with E-state index in [-0.39, 0.29) is 11.7 Å². The Labute approximate surface area is 254 Å². The summed E-state index contributed by atoms with van der Waals surface area (Å²) in [5, 5.41) is 6.98. The fourth-order valence-electron chi connectivity index (χ4n) is 5.24. The summed E-state index contributed by atoms with van der Waals surface area (Å²) >= 11 is 0. The highest BCUT2D eigenvalue weighted by Gasteiger charge is 2.19. The van der Waals surface area contributed by atoms with E-state index in [0.29, 0.717) is 22.4 Å². The van der Waals surface area contributed by atoms with Crippen LogP contribution in [0.5, 0.6) is 0 Å². The molecule has 4 rings (SSSR count). The van der Waals surface area contributed by atoms with Crippen LogP contribution < -0.4 is 15.6 Å². The third-order valence-corrected chi connectivity index (χ3v) is 7.78. The molecule has 1 saturated heterocycles. The number of hydrogen-bond donors (Lipinski definition) is 2. The van der Waals surface area contributed by atoms with Gasteiger partial charge < -0.3 is 20.0 Å². The Morgan fingerprint density at radius 3 is 2.44 bits per heavy atom. The molecule has 3 aromatic carbocycles. The van der Waals surface area contributed by atoms with Gasteiger partial charge in [0.1, 0.15) is 5.82 Å². The number of hydrazone groups is 1. The quantitative estimate of drug-likeness (QED) is 0.201.